The van der Waals surface area contributed by atoms with E-state index < -0.39 is 12.6 Å². The number of nitrogens with one attached hydrogen (secondary N) is 1. The summed E-state index contributed by atoms with van der Waals surface area (Å²) in [6.07, 6.45) is 2.72. The molecule has 0 bridgehead atoms. The van der Waals surface area contributed by atoms with E-state index in [0.717, 1.165) is 19.3 Å². The summed E-state index contributed by atoms with van der Waals surface area (Å²) < 4.78 is 38.2. The molecule has 1 aliphatic carbocycles. The Kier molecular flexibility index (Phi) is 4.00. The SMILES string of the molecule is CNC1CCCc2cn(CCCC(F)(F)F)cc21. The molecule has 0 radical (unpaired) electrons. The molecule has 1 unspecified atom stereocenters. The molecule has 0 aliphatic heterocycles. The average Bonchev–Trinajstić information content (AvgIpc) is 2.69. The summed E-state index contributed by atoms with van der Waals surface area (Å²) in [7, 11) is 1.93. The Balaban J connectivity index is 1.97. The second kappa shape index (κ2) is 5.34. The van der Waals surface area contributed by atoms with Crippen molar-refractivity contribution in [1.82, 2.24) is 9.88 Å². The molecule has 2 rings (SSSR count). The summed E-state index contributed by atoms with van der Waals surface area (Å²) in [5, 5.41) is 3.26. The number of nitrogens with zero attached hydrogens (tertiary/aromatic N) is 1. The van der Waals surface area contributed by atoms with Gasteiger partial charge in [-0.05, 0) is 43.9 Å². The van der Waals surface area contributed by atoms with E-state index in [9.17, 15) is 13.2 Å². The van der Waals surface area contributed by atoms with Crippen LogP contribution in [0.25, 0.3) is 0 Å². The molecule has 5 heteroatoms. The van der Waals surface area contributed by atoms with Crippen LogP contribution >= 0.6 is 0 Å². The monoisotopic (exact) mass is 260 g/mol. The van der Waals surface area contributed by atoms with Crippen molar-refractivity contribution < 1.29 is 13.2 Å². The second-order valence-electron chi connectivity index (χ2n) is 4.93. The van der Waals surface area contributed by atoms with Crippen molar-refractivity contribution >= 4 is 0 Å². The van der Waals surface area contributed by atoms with E-state index >= 15 is 0 Å². The molecular formula is C13H19F3N2. The molecule has 102 valence electrons. The highest BCUT2D eigenvalue weighted by atomic mass is 19.4. The van der Waals surface area contributed by atoms with Crippen molar-refractivity contribution in [3.63, 3.8) is 0 Å². The molecule has 1 heterocycles. The summed E-state index contributed by atoms with van der Waals surface area (Å²) in [5.41, 5.74) is 2.54. The van der Waals surface area contributed by atoms with Crippen LogP contribution in [0.15, 0.2) is 12.4 Å². The Morgan fingerprint density at radius 1 is 1.39 bits per heavy atom. The van der Waals surface area contributed by atoms with Gasteiger partial charge in [-0.1, -0.05) is 0 Å². The molecule has 0 aromatic carbocycles. The van der Waals surface area contributed by atoms with Crippen molar-refractivity contribution in [3.8, 4) is 0 Å². The number of hydrogen-bond donors (Lipinski definition) is 1. The topological polar surface area (TPSA) is 17.0 Å². The highest BCUT2D eigenvalue weighted by Crippen LogP contribution is 2.30. The van der Waals surface area contributed by atoms with E-state index in [0.29, 0.717) is 12.6 Å². The van der Waals surface area contributed by atoms with Crippen LogP contribution < -0.4 is 5.32 Å². The van der Waals surface area contributed by atoms with Gasteiger partial charge in [0.15, 0.2) is 0 Å². The summed E-state index contributed by atoms with van der Waals surface area (Å²) in [5.74, 6) is 0. The number of aryl methyl sites for hydroxylation is 2. The maximum Gasteiger partial charge on any atom is 0.389 e. The van der Waals surface area contributed by atoms with Gasteiger partial charge in [-0.2, -0.15) is 13.2 Å². The van der Waals surface area contributed by atoms with Crippen LogP contribution in [0.2, 0.25) is 0 Å². The Hall–Kier alpha value is -0.970. The van der Waals surface area contributed by atoms with E-state index in [1.807, 2.05) is 24.0 Å². The predicted molar refractivity (Wildman–Crippen MR) is 64.5 cm³/mol. The predicted octanol–water partition coefficient (Wildman–Crippen LogP) is 3.43. The van der Waals surface area contributed by atoms with Crippen molar-refractivity contribution in [2.75, 3.05) is 7.05 Å². The first-order valence-corrected chi connectivity index (χ1v) is 6.42. The fraction of sp³-hybridized carbons (Fsp3) is 0.692. The van der Waals surface area contributed by atoms with Crippen molar-refractivity contribution in [1.29, 1.82) is 0 Å². The van der Waals surface area contributed by atoms with E-state index in [-0.39, 0.29) is 6.42 Å². The number of rotatable bonds is 4. The zero-order valence-electron chi connectivity index (χ0n) is 10.6. The van der Waals surface area contributed by atoms with Crippen molar-refractivity contribution in [2.45, 2.75) is 50.9 Å². The molecule has 1 atom stereocenters. The molecule has 2 nitrogen and oxygen atoms in total. The third-order valence-corrected chi connectivity index (χ3v) is 3.54. The van der Waals surface area contributed by atoms with Gasteiger partial charge in [0, 0.05) is 31.4 Å². The van der Waals surface area contributed by atoms with Gasteiger partial charge in [0.05, 0.1) is 0 Å². The van der Waals surface area contributed by atoms with E-state index in [4.69, 9.17) is 0 Å². The van der Waals surface area contributed by atoms with Crippen LogP contribution in [0.4, 0.5) is 13.2 Å². The first-order valence-electron chi connectivity index (χ1n) is 6.42. The van der Waals surface area contributed by atoms with Gasteiger partial charge in [0.1, 0.15) is 0 Å². The summed E-state index contributed by atoms with van der Waals surface area (Å²) >= 11 is 0. The Bertz CT molecular complexity index is 395. The minimum atomic E-state index is -4.04. The Morgan fingerprint density at radius 3 is 2.83 bits per heavy atom. The fourth-order valence-electron chi connectivity index (χ4n) is 2.64. The third-order valence-electron chi connectivity index (χ3n) is 3.54. The minimum absolute atomic E-state index is 0.154. The number of halogens is 3. The largest absolute Gasteiger partial charge is 0.389 e. The highest BCUT2D eigenvalue weighted by Gasteiger charge is 2.26. The van der Waals surface area contributed by atoms with Gasteiger partial charge in [-0.25, -0.2) is 0 Å². The van der Waals surface area contributed by atoms with E-state index in [1.54, 1.807) is 0 Å². The summed E-state index contributed by atoms with van der Waals surface area (Å²) in [4.78, 5) is 0. The molecular weight excluding hydrogens is 241 g/mol. The third kappa shape index (κ3) is 3.28. The van der Waals surface area contributed by atoms with E-state index in [2.05, 4.69) is 5.32 Å². The van der Waals surface area contributed by atoms with Gasteiger partial charge < -0.3 is 9.88 Å². The van der Waals surface area contributed by atoms with Crippen LogP contribution in [0.3, 0.4) is 0 Å². The standard InChI is InChI=1S/C13H19F3N2/c1-17-12-5-2-4-10-8-18(9-11(10)12)7-3-6-13(14,15)16/h8-9,12,17H,2-7H2,1H3. The number of alkyl halides is 3. The minimum Gasteiger partial charge on any atom is -0.354 e. The van der Waals surface area contributed by atoms with Gasteiger partial charge in [-0.15, -0.1) is 0 Å². The summed E-state index contributed by atoms with van der Waals surface area (Å²) in [6, 6.07) is 0.359. The maximum atomic E-state index is 12.1. The van der Waals surface area contributed by atoms with Crippen LogP contribution in [-0.4, -0.2) is 17.8 Å². The molecule has 0 spiro atoms. The molecule has 1 aromatic heterocycles. The first kappa shape index (κ1) is 13.5. The second-order valence-corrected chi connectivity index (χ2v) is 4.93. The van der Waals surface area contributed by atoms with Crippen LogP contribution in [0.1, 0.15) is 42.9 Å². The fourth-order valence-corrected chi connectivity index (χ4v) is 2.64. The first-order chi connectivity index (χ1) is 8.49. The average molecular weight is 260 g/mol. The van der Waals surface area contributed by atoms with Gasteiger partial charge in [0.2, 0.25) is 0 Å². The zero-order chi connectivity index (χ0) is 13.2. The molecule has 1 N–H and O–H groups in total. The van der Waals surface area contributed by atoms with Crippen LogP contribution in [-0.2, 0) is 13.0 Å². The lowest BCUT2D eigenvalue weighted by molar-refractivity contribution is -0.135. The Labute approximate surface area is 105 Å². The molecule has 1 aliphatic rings. The maximum absolute atomic E-state index is 12.1. The lowest BCUT2D eigenvalue weighted by Gasteiger charge is -2.21. The summed E-state index contributed by atoms with van der Waals surface area (Å²) in [6.45, 7) is 0.447. The number of fused-ring (bicyclic) bond motifs is 1. The van der Waals surface area contributed by atoms with E-state index in [1.165, 1.54) is 11.1 Å². The molecule has 0 saturated heterocycles. The number of aromatic nitrogens is 1. The highest BCUT2D eigenvalue weighted by molar-refractivity contribution is 5.30. The molecule has 0 amide bonds. The van der Waals surface area contributed by atoms with Crippen molar-refractivity contribution in [2.24, 2.45) is 0 Å². The van der Waals surface area contributed by atoms with Gasteiger partial charge >= 0.3 is 6.18 Å². The van der Waals surface area contributed by atoms with Crippen LogP contribution in [0, 0.1) is 0 Å². The zero-order valence-corrected chi connectivity index (χ0v) is 10.6. The molecule has 0 saturated carbocycles. The smallest absolute Gasteiger partial charge is 0.354 e. The quantitative estimate of drug-likeness (QED) is 0.877. The van der Waals surface area contributed by atoms with Crippen molar-refractivity contribution in [3.05, 3.63) is 23.5 Å². The van der Waals surface area contributed by atoms with Crippen LogP contribution in [0.5, 0.6) is 0 Å². The Morgan fingerprint density at radius 2 is 2.17 bits per heavy atom. The number of hydrogen-bond acceptors (Lipinski definition) is 1. The van der Waals surface area contributed by atoms with Gasteiger partial charge in [0.25, 0.3) is 0 Å². The molecule has 18 heavy (non-hydrogen) atoms. The lowest BCUT2D eigenvalue weighted by Crippen LogP contribution is -2.20. The normalized spacial score (nSPS) is 19.9. The lowest BCUT2D eigenvalue weighted by atomic mass is 9.91. The molecule has 1 aromatic rings. The molecule has 0 fully saturated rings. The van der Waals surface area contributed by atoms with Gasteiger partial charge in [-0.3, -0.25) is 0 Å².